The number of benzene rings is 3. The first-order chi connectivity index (χ1) is 17.9. The van der Waals surface area contributed by atoms with E-state index in [4.69, 9.17) is 14.4 Å². The van der Waals surface area contributed by atoms with Gasteiger partial charge in [0.25, 0.3) is 5.89 Å². The van der Waals surface area contributed by atoms with Crippen molar-refractivity contribution in [3.63, 3.8) is 0 Å². The van der Waals surface area contributed by atoms with E-state index in [2.05, 4.69) is 54.0 Å². The highest BCUT2D eigenvalue weighted by Gasteiger charge is 2.16. The Morgan fingerprint density at radius 1 is 1.03 bits per heavy atom. The normalized spacial score (nSPS) is 11.4. The Balaban J connectivity index is 1.53. The zero-order valence-corrected chi connectivity index (χ0v) is 21.8. The number of carbonyl (C=O) groups is 1. The fourth-order valence-electron chi connectivity index (χ4n) is 4.35. The van der Waals surface area contributed by atoms with Crippen molar-refractivity contribution >= 4 is 5.97 Å². The minimum absolute atomic E-state index is 0.125. The molecule has 7 nitrogen and oxygen atoms in total. The smallest absolute Gasteiger partial charge is 0.304 e. The zero-order valence-electron chi connectivity index (χ0n) is 21.8. The van der Waals surface area contributed by atoms with Gasteiger partial charge in [0.2, 0.25) is 5.82 Å². The summed E-state index contributed by atoms with van der Waals surface area (Å²) in [6.45, 7) is 7.91. The van der Waals surface area contributed by atoms with E-state index in [1.165, 1.54) is 11.1 Å². The minimum atomic E-state index is -0.784. The van der Waals surface area contributed by atoms with Crippen molar-refractivity contribution in [1.29, 1.82) is 0 Å². The molecule has 1 aromatic heterocycles. The summed E-state index contributed by atoms with van der Waals surface area (Å²) in [5.74, 6) is 0.185. The van der Waals surface area contributed by atoms with Crippen LogP contribution in [0.15, 0.2) is 71.3 Å². The molecular weight excluding hydrogens is 466 g/mol. The summed E-state index contributed by atoms with van der Waals surface area (Å²) in [7, 11) is 1.69. The minimum Gasteiger partial charge on any atom is -0.481 e. The second kappa shape index (κ2) is 12.0. The second-order valence-corrected chi connectivity index (χ2v) is 9.45. The lowest BCUT2D eigenvalue weighted by Gasteiger charge is -2.25. The van der Waals surface area contributed by atoms with Crippen LogP contribution < -0.4 is 0 Å². The van der Waals surface area contributed by atoms with E-state index in [1.54, 1.807) is 7.11 Å². The summed E-state index contributed by atoms with van der Waals surface area (Å²) in [4.78, 5) is 17.8. The van der Waals surface area contributed by atoms with Crippen LogP contribution in [0, 0.1) is 6.92 Å². The lowest BCUT2D eigenvalue weighted by Crippen LogP contribution is -2.32. The maximum atomic E-state index is 11.0. The van der Waals surface area contributed by atoms with Gasteiger partial charge in [-0.2, -0.15) is 4.98 Å². The molecular formula is C30H33N3O4. The van der Waals surface area contributed by atoms with Crippen molar-refractivity contribution in [1.82, 2.24) is 15.0 Å². The van der Waals surface area contributed by atoms with Crippen LogP contribution in [0.4, 0.5) is 0 Å². The van der Waals surface area contributed by atoms with Gasteiger partial charge in [0, 0.05) is 37.4 Å². The van der Waals surface area contributed by atoms with E-state index < -0.39 is 5.97 Å². The molecule has 3 aromatic carbocycles. The average Bonchev–Trinajstić information content (AvgIpc) is 3.38. The summed E-state index contributed by atoms with van der Waals surface area (Å²) < 4.78 is 11.1. The van der Waals surface area contributed by atoms with Crippen molar-refractivity contribution in [3.8, 4) is 34.0 Å². The topological polar surface area (TPSA) is 88.7 Å². The molecule has 192 valence electrons. The molecule has 0 aliphatic carbocycles. The molecule has 0 fully saturated rings. The van der Waals surface area contributed by atoms with Crippen LogP contribution in [0.3, 0.4) is 0 Å². The molecule has 4 aromatic rings. The van der Waals surface area contributed by atoms with Gasteiger partial charge < -0.3 is 14.4 Å². The van der Waals surface area contributed by atoms with E-state index in [9.17, 15) is 4.79 Å². The van der Waals surface area contributed by atoms with Gasteiger partial charge in [-0.1, -0.05) is 59.8 Å². The number of hydrogen-bond acceptors (Lipinski definition) is 6. The number of methoxy groups -OCH3 is 1. The van der Waals surface area contributed by atoms with Crippen LogP contribution in [0.2, 0.25) is 0 Å². The highest BCUT2D eigenvalue weighted by molar-refractivity contribution is 5.74. The number of carboxylic acid groups (broad SMARTS) is 1. The van der Waals surface area contributed by atoms with Crippen LogP contribution in [0.1, 0.15) is 37.0 Å². The van der Waals surface area contributed by atoms with Crippen molar-refractivity contribution in [2.45, 2.75) is 46.4 Å². The van der Waals surface area contributed by atoms with Gasteiger partial charge in [-0.25, -0.2) is 0 Å². The molecule has 4 rings (SSSR count). The lowest BCUT2D eigenvalue weighted by atomic mass is 9.94. The van der Waals surface area contributed by atoms with Gasteiger partial charge >= 0.3 is 5.97 Å². The fourth-order valence-corrected chi connectivity index (χ4v) is 4.35. The first-order valence-electron chi connectivity index (χ1n) is 12.4. The van der Waals surface area contributed by atoms with E-state index in [1.807, 2.05) is 48.5 Å². The van der Waals surface area contributed by atoms with Gasteiger partial charge in [0.1, 0.15) is 0 Å². The van der Waals surface area contributed by atoms with Crippen molar-refractivity contribution in [2.75, 3.05) is 13.7 Å². The number of aliphatic carboxylic acids is 1. The van der Waals surface area contributed by atoms with Crippen molar-refractivity contribution < 1.29 is 19.2 Å². The molecule has 0 saturated carbocycles. The number of hydrogen-bond donors (Lipinski definition) is 1. The van der Waals surface area contributed by atoms with E-state index in [-0.39, 0.29) is 12.5 Å². The quantitative estimate of drug-likeness (QED) is 0.262. The largest absolute Gasteiger partial charge is 0.481 e. The van der Waals surface area contributed by atoms with E-state index in [0.29, 0.717) is 31.4 Å². The first-order valence-corrected chi connectivity index (χ1v) is 12.4. The molecule has 37 heavy (non-hydrogen) atoms. The average molecular weight is 500 g/mol. The maximum absolute atomic E-state index is 11.0. The molecule has 0 saturated heterocycles. The molecule has 0 amide bonds. The number of aryl methyl sites for hydroxylation is 1. The molecule has 0 atom stereocenters. The van der Waals surface area contributed by atoms with Gasteiger partial charge in [-0.05, 0) is 60.7 Å². The second-order valence-electron chi connectivity index (χ2n) is 9.45. The Kier molecular flexibility index (Phi) is 8.48. The summed E-state index contributed by atoms with van der Waals surface area (Å²) in [6.07, 6.45) is 0.125. The number of ether oxygens (including phenoxy) is 1. The Bertz CT molecular complexity index is 1350. The van der Waals surface area contributed by atoms with Crippen LogP contribution >= 0.6 is 0 Å². The zero-order chi connectivity index (χ0) is 26.4. The standard InChI is InChI=1S/C30H33N3O4/c1-20(2)33(16-15-28(34)35)18-22-9-11-23(12-10-22)29-31-30(37-32-29)24-13-14-27(25(17-24)19-36-4)26-8-6-5-7-21(26)3/h5-14,17,20H,15-16,18-19H2,1-4H3,(H,34,35). The highest BCUT2D eigenvalue weighted by Crippen LogP contribution is 2.31. The summed E-state index contributed by atoms with van der Waals surface area (Å²) in [5.41, 5.74) is 7.34. The Morgan fingerprint density at radius 3 is 2.43 bits per heavy atom. The molecule has 0 spiro atoms. The summed E-state index contributed by atoms with van der Waals surface area (Å²) in [5, 5.41) is 13.2. The third-order valence-corrected chi connectivity index (χ3v) is 6.45. The van der Waals surface area contributed by atoms with Crippen molar-refractivity contribution in [2.24, 2.45) is 0 Å². The van der Waals surface area contributed by atoms with Crippen LogP contribution in [-0.4, -0.2) is 45.8 Å². The lowest BCUT2D eigenvalue weighted by molar-refractivity contribution is -0.137. The van der Waals surface area contributed by atoms with Gasteiger partial charge in [-0.3, -0.25) is 9.69 Å². The molecule has 1 N–H and O–H groups in total. The number of aromatic nitrogens is 2. The van der Waals surface area contributed by atoms with E-state index >= 15 is 0 Å². The van der Waals surface area contributed by atoms with Gasteiger partial charge in [0.15, 0.2) is 0 Å². The molecule has 0 aliphatic rings. The Hall–Kier alpha value is -3.81. The number of rotatable bonds is 11. The Morgan fingerprint density at radius 2 is 1.76 bits per heavy atom. The van der Waals surface area contributed by atoms with Crippen LogP contribution in [0.5, 0.6) is 0 Å². The molecule has 0 bridgehead atoms. The SMILES string of the molecule is COCc1cc(-c2nc(-c3ccc(CN(CCC(=O)O)C(C)C)cc3)no2)ccc1-c1ccccc1C. The summed E-state index contributed by atoms with van der Waals surface area (Å²) >= 11 is 0. The fraction of sp³-hybridized carbons (Fsp3) is 0.300. The summed E-state index contributed by atoms with van der Waals surface area (Å²) in [6, 6.07) is 22.7. The molecule has 0 aliphatic heterocycles. The Labute approximate surface area is 217 Å². The predicted octanol–water partition coefficient (Wildman–Crippen LogP) is 6.21. The third kappa shape index (κ3) is 6.50. The monoisotopic (exact) mass is 499 g/mol. The van der Waals surface area contributed by atoms with Gasteiger partial charge in [-0.15, -0.1) is 0 Å². The van der Waals surface area contributed by atoms with Crippen LogP contribution in [-0.2, 0) is 22.7 Å². The van der Waals surface area contributed by atoms with Crippen LogP contribution in [0.25, 0.3) is 34.0 Å². The van der Waals surface area contributed by atoms with Crippen molar-refractivity contribution in [3.05, 3.63) is 83.4 Å². The van der Waals surface area contributed by atoms with Gasteiger partial charge in [0.05, 0.1) is 13.0 Å². The van der Waals surface area contributed by atoms with E-state index in [0.717, 1.165) is 27.8 Å². The number of carboxylic acids is 1. The molecule has 1 heterocycles. The molecule has 0 unspecified atom stereocenters. The predicted molar refractivity (Wildman–Crippen MR) is 144 cm³/mol. The highest BCUT2D eigenvalue weighted by atomic mass is 16.5. The molecule has 0 radical (unpaired) electrons. The maximum Gasteiger partial charge on any atom is 0.304 e. The number of nitrogens with zero attached hydrogens (tertiary/aromatic N) is 3. The third-order valence-electron chi connectivity index (χ3n) is 6.45. The first kappa shape index (κ1) is 26.3. The molecule has 7 heteroatoms.